The standard InChI is InChI=1S/C9H15F3N2OS/c10-9(11,12)16-6-5-14-8(15)7-1-3-13-4-2-7/h7,13H,1-6H2,(H,14,15). The number of alkyl halides is 3. The molecule has 16 heavy (non-hydrogen) atoms. The average Bonchev–Trinajstić information content (AvgIpc) is 2.24. The number of hydrogen-bond acceptors (Lipinski definition) is 3. The van der Waals surface area contributed by atoms with E-state index in [-0.39, 0.29) is 35.9 Å². The first kappa shape index (κ1) is 13.6. The summed E-state index contributed by atoms with van der Waals surface area (Å²) in [6.07, 6.45) is 1.52. The highest BCUT2D eigenvalue weighted by molar-refractivity contribution is 8.00. The second-order valence-corrected chi connectivity index (χ2v) is 4.77. The van der Waals surface area contributed by atoms with Crippen LogP contribution in [0.4, 0.5) is 13.2 Å². The Kier molecular flexibility index (Phi) is 5.40. The third-order valence-corrected chi connectivity index (χ3v) is 3.11. The van der Waals surface area contributed by atoms with Crippen LogP contribution >= 0.6 is 11.8 Å². The molecule has 7 heteroatoms. The van der Waals surface area contributed by atoms with Crippen LogP contribution in [0, 0.1) is 5.92 Å². The predicted octanol–water partition coefficient (Wildman–Crippen LogP) is 1.36. The van der Waals surface area contributed by atoms with E-state index in [1.165, 1.54) is 0 Å². The molecule has 2 N–H and O–H groups in total. The van der Waals surface area contributed by atoms with Crippen molar-refractivity contribution < 1.29 is 18.0 Å². The maximum absolute atomic E-state index is 11.8. The van der Waals surface area contributed by atoms with E-state index in [1.807, 2.05) is 0 Å². The van der Waals surface area contributed by atoms with Crippen LogP contribution in [-0.2, 0) is 4.79 Å². The Bertz CT molecular complexity index is 229. The highest BCUT2D eigenvalue weighted by atomic mass is 32.2. The SMILES string of the molecule is O=C(NCCSC(F)(F)F)C1CCNCC1. The van der Waals surface area contributed by atoms with Gasteiger partial charge in [0.25, 0.3) is 0 Å². The molecule has 1 amide bonds. The van der Waals surface area contributed by atoms with E-state index in [0.29, 0.717) is 0 Å². The Labute approximate surface area is 96.5 Å². The highest BCUT2D eigenvalue weighted by Gasteiger charge is 2.27. The zero-order valence-electron chi connectivity index (χ0n) is 8.77. The molecule has 0 bridgehead atoms. The first-order valence-corrected chi connectivity index (χ1v) is 6.17. The summed E-state index contributed by atoms with van der Waals surface area (Å²) in [5, 5.41) is 5.66. The minimum Gasteiger partial charge on any atom is -0.355 e. The van der Waals surface area contributed by atoms with E-state index in [9.17, 15) is 18.0 Å². The first-order valence-electron chi connectivity index (χ1n) is 5.18. The Hall–Kier alpha value is -0.430. The number of carbonyl (C=O) groups excluding carboxylic acids is 1. The van der Waals surface area contributed by atoms with Crippen molar-refractivity contribution in [1.29, 1.82) is 0 Å². The lowest BCUT2D eigenvalue weighted by Gasteiger charge is -2.21. The lowest BCUT2D eigenvalue weighted by Crippen LogP contribution is -2.39. The maximum Gasteiger partial charge on any atom is 0.441 e. The van der Waals surface area contributed by atoms with Crippen LogP contribution in [0.1, 0.15) is 12.8 Å². The predicted molar refractivity (Wildman–Crippen MR) is 57.1 cm³/mol. The molecule has 0 saturated carbocycles. The van der Waals surface area contributed by atoms with Gasteiger partial charge in [0.15, 0.2) is 0 Å². The second kappa shape index (κ2) is 6.34. The smallest absolute Gasteiger partial charge is 0.355 e. The zero-order chi connectivity index (χ0) is 12.0. The molecule has 0 aliphatic carbocycles. The normalized spacial score (nSPS) is 18.4. The van der Waals surface area contributed by atoms with Crippen molar-refractivity contribution in [3.05, 3.63) is 0 Å². The highest BCUT2D eigenvalue weighted by Crippen LogP contribution is 2.29. The van der Waals surface area contributed by atoms with E-state index >= 15 is 0 Å². The number of hydrogen-bond donors (Lipinski definition) is 2. The van der Waals surface area contributed by atoms with E-state index < -0.39 is 5.51 Å². The summed E-state index contributed by atoms with van der Waals surface area (Å²) < 4.78 is 35.3. The van der Waals surface area contributed by atoms with Gasteiger partial charge in [-0.15, -0.1) is 0 Å². The van der Waals surface area contributed by atoms with Crippen molar-refractivity contribution in [1.82, 2.24) is 10.6 Å². The van der Waals surface area contributed by atoms with Gasteiger partial charge in [0, 0.05) is 18.2 Å². The van der Waals surface area contributed by atoms with Gasteiger partial charge >= 0.3 is 5.51 Å². The minimum absolute atomic E-state index is 0.0443. The molecule has 0 radical (unpaired) electrons. The van der Waals surface area contributed by atoms with Crippen molar-refractivity contribution in [3.8, 4) is 0 Å². The molecular weight excluding hydrogens is 241 g/mol. The summed E-state index contributed by atoms with van der Waals surface area (Å²) in [5.74, 6) is -0.290. The molecule has 3 nitrogen and oxygen atoms in total. The molecule has 94 valence electrons. The van der Waals surface area contributed by atoms with Gasteiger partial charge in [-0.25, -0.2) is 0 Å². The number of carbonyl (C=O) groups is 1. The lowest BCUT2D eigenvalue weighted by molar-refractivity contribution is -0.125. The Balaban J connectivity index is 2.10. The van der Waals surface area contributed by atoms with E-state index in [0.717, 1.165) is 25.9 Å². The van der Waals surface area contributed by atoms with Crippen LogP contribution in [-0.4, -0.2) is 36.8 Å². The van der Waals surface area contributed by atoms with Crippen molar-refractivity contribution in [2.75, 3.05) is 25.4 Å². The molecular formula is C9H15F3N2OS. The minimum atomic E-state index is -4.21. The maximum atomic E-state index is 11.8. The van der Waals surface area contributed by atoms with Crippen molar-refractivity contribution in [3.63, 3.8) is 0 Å². The fraction of sp³-hybridized carbons (Fsp3) is 0.889. The van der Waals surface area contributed by atoms with Crippen molar-refractivity contribution in [2.45, 2.75) is 18.3 Å². The first-order chi connectivity index (χ1) is 7.49. The van der Waals surface area contributed by atoms with E-state index in [1.54, 1.807) is 0 Å². The van der Waals surface area contributed by atoms with Gasteiger partial charge in [-0.3, -0.25) is 4.79 Å². The number of piperidine rings is 1. The number of rotatable bonds is 4. The van der Waals surface area contributed by atoms with Gasteiger partial charge in [0.2, 0.25) is 5.91 Å². The molecule has 1 saturated heterocycles. The molecule has 0 aromatic carbocycles. The van der Waals surface area contributed by atoms with Crippen LogP contribution in [0.15, 0.2) is 0 Å². The second-order valence-electron chi connectivity index (χ2n) is 3.61. The topological polar surface area (TPSA) is 41.1 Å². The van der Waals surface area contributed by atoms with Crippen LogP contribution in [0.25, 0.3) is 0 Å². The molecule has 1 aliphatic heterocycles. The summed E-state index contributed by atoms with van der Waals surface area (Å²) >= 11 is -0.105. The molecule has 1 heterocycles. The molecule has 1 aliphatic rings. The third-order valence-electron chi connectivity index (χ3n) is 2.38. The van der Waals surface area contributed by atoms with Gasteiger partial charge < -0.3 is 10.6 Å². The number of nitrogens with one attached hydrogen (secondary N) is 2. The lowest BCUT2D eigenvalue weighted by atomic mass is 9.97. The van der Waals surface area contributed by atoms with Crippen molar-refractivity contribution >= 4 is 17.7 Å². The Morgan fingerprint density at radius 2 is 2.00 bits per heavy atom. The number of halogens is 3. The quantitative estimate of drug-likeness (QED) is 0.746. The summed E-state index contributed by atoms with van der Waals surface area (Å²) in [7, 11) is 0. The number of amides is 1. The van der Waals surface area contributed by atoms with Crippen molar-refractivity contribution in [2.24, 2.45) is 5.92 Å². The van der Waals surface area contributed by atoms with Gasteiger partial charge in [-0.1, -0.05) is 0 Å². The molecule has 0 spiro atoms. The number of thioether (sulfide) groups is 1. The van der Waals surface area contributed by atoms with Crippen LogP contribution in [0.2, 0.25) is 0 Å². The summed E-state index contributed by atoms with van der Waals surface area (Å²) in [5.41, 5.74) is -4.21. The largest absolute Gasteiger partial charge is 0.441 e. The fourth-order valence-electron chi connectivity index (χ4n) is 1.57. The Morgan fingerprint density at radius 3 is 2.56 bits per heavy atom. The van der Waals surface area contributed by atoms with Gasteiger partial charge in [0.05, 0.1) is 0 Å². The van der Waals surface area contributed by atoms with Gasteiger partial charge in [-0.05, 0) is 37.7 Å². The molecule has 1 rings (SSSR count). The van der Waals surface area contributed by atoms with Crippen LogP contribution in [0.3, 0.4) is 0 Å². The molecule has 1 fully saturated rings. The average molecular weight is 256 g/mol. The van der Waals surface area contributed by atoms with E-state index in [4.69, 9.17) is 0 Å². The van der Waals surface area contributed by atoms with Gasteiger partial charge in [0.1, 0.15) is 0 Å². The fourth-order valence-corrected chi connectivity index (χ4v) is 2.01. The van der Waals surface area contributed by atoms with E-state index in [2.05, 4.69) is 10.6 Å². The molecule has 0 atom stereocenters. The summed E-state index contributed by atoms with van der Waals surface area (Å²) in [6.45, 7) is 1.68. The summed E-state index contributed by atoms with van der Waals surface area (Å²) in [6, 6.07) is 0. The molecule has 0 aromatic rings. The van der Waals surface area contributed by atoms with Crippen LogP contribution in [0.5, 0.6) is 0 Å². The third kappa shape index (κ3) is 5.60. The van der Waals surface area contributed by atoms with Gasteiger partial charge in [-0.2, -0.15) is 13.2 Å². The monoisotopic (exact) mass is 256 g/mol. The summed E-state index contributed by atoms with van der Waals surface area (Å²) in [4.78, 5) is 11.5. The zero-order valence-corrected chi connectivity index (χ0v) is 9.59. The Morgan fingerprint density at radius 1 is 1.38 bits per heavy atom. The molecule has 0 aromatic heterocycles. The van der Waals surface area contributed by atoms with Crippen LogP contribution < -0.4 is 10.6 Å². The molecule has 0 unspecified atom stereocenters.